The second kappa shape index (κ2) is 22.5. The lowest BCUT2D eigenvalue weighted by atomic mass is 10.0. The molecule has 0 aromatic carbocycles. The van der Waals surface area contributed by atoms with Crippen LogP contribution in [0.2, 0.25) is 0 Å². The van der Waals surface area contributed by atoms with Gasteiger partial charge in [-0.05, 0) is 12.8 Å². The molecule has 0 aliphatic heterocycles. The minimum atomic E-state index is -0.0402. The minimum absolute atomic E-state index is 0.0402. The highest BCUT2D eigenvalue weighted by Crippen LogP contribution is 2.13. The third-order valence-electron chi connectivity index (χ3n) is 4.82. The summed E-state index contributed by atoms with van der Waals surface area (Å²) >= 11 is 0. The highest BCUT2D eigenvalue weighted by molar-refractivity contribution is 5.69. The summed E-state index contributed by atoms with van der Waals surface area (Å²) in [5.41, 5.74) is 0. The first-order valence-electron chi connectivity index (χ1n) is 11.5. The number of ether oxygens (including phenoxy) is 2. The lowest BCUT2D eigenvalue weighted by molar-refractivity contribution is -0.144. The summed E-state index contributed by atoms with van der Waals surface area (Å²) in [7, 11) is 0. The fraction of sp³-hybridized carbons (Fsp3) is 0.957. The van der Waals surface area contributed by atoms with E-state index in [1.54, 1.807) is 0 Å². The summed E-state index contributed by atoms with van der Waals surface area (Å²) in [6.07, 6.45) is 21.0. The average molecular weight is 371 g/mol. The molecule has 0 heterocycles. The Balaban J connectivity index is 3.12. The highest BCUT2D eigenvalue weighted by atomic mass is 16.5. The van der Waals surface area contributed by atoms with Gasteiger partial charge in [-0.15, -0.1) is 0 Å². The van der Waals surface area contributed by atoms with E-state index in [1.165, 1.54) is 70.6 Å². The van der Waals surface area contributed by atoms with Crippen LogP contribution in [-0.4, -0.2) is 25.8 Å². The van der Waals surface area contributed by atoms with Crippen LogP contribution < -0.4 is 0 Å². The van der Waals surface area contributed by atoms with Crippen LogP contribution in [0.25, 0.3) is 0 Å². The lowest BCUT2D eigenvalue weighted by Crippen LogP contribution is -2.08. The molecular weight excluding hydrogens is 324 g/mol. The highest BCUT2D eigenvalue weighted by Gasteiger charge is 2.02. The molecular formula is C23H46O3. The molecule has 0 N–H and O–H groups in total. The van der Waals surface area contributed by atoms with Crippen molar-refractivity contribution in [3.8, 4) is 0 Å². The summed E-state index contributed by atoms with van der Waals surface area (Å²) < 4.78 is 10.7. The van der Waals surface area contributed by atoms with Gasteiger partial charge in [-0.1, -0.05) is 97.3 Å². The van der Waals surface area contributed by atoms with Crippen molar-refractivity contribution < 1.29 is 14.3 Å². The Morgan fingerprint density at radius 3 is 1.54 bits per heavy atom. The summed E-state index contributed by atoms with van der Waals surface area (Å²) in [6, 6.07) is 0. The van der Waals surface area contributed by atoms with E-state index in [2.05, 4.69) is 13.8 Å². The summed E-state index contributed by atoms with van der Waals surface area (Å²) in [6.45, 7) is 6.45. The Labute approximate surface area is 163 Å². The molecule has 0 spiro atoms. The van der Waals surface area contributed by atoms with E-state index < -0.39 is 0 Å². The third kappa shape index (κ3) is 21.5. The predicted molar refractivity (Wildman–Crippen MR) is 112 cm³/mol. The van der Waals surface area contributed by atoms with E-state index in [0.29, 0.717) is 19.6 Å². The molecule has 0 bridgehead atoms. The van der Waals surface area contributed by atoms with Gasteiger partial charge in [0.05, 0.1) is 6.61 Å². The Hall–Kier alpha value is -0.570. The number of unbranched alkanes of at least 4 members (excludes halogenated alkanes) is 13. The molecule has 0 aliphatic rings. The van der Waals surface area contributed by atoms with Crippen LogP contribution in [0.3, 0.4) is 0 Å². The largest absolute Gasteiger partial charge is 0.466 e. The molecule has 0 fully saturated rings. The minimum Gasteiger partial charge on any atom is -0.466 e. The fourth-order valence-electron chi connectivity index (χ4n) is 3.05. The average Bonchev–Trinajstić information content (AvgIpc) is 2.64. The summed E-state index contributed by atoms with van der Waals surface area (Å²) in [5.74, 6) is -0.0402. The topological polar surface area (TPSA) is 35.5 Å². The predicted octanol–water partition coefficient (Wildman–Crippen LogP) is 7.22. The fourth-order valence-corrected chi connectivity index (χ4v) is 3.05. The molecule has 26 heavy (non-hydrogen) atoms. The number of esters is 1. The number of hydrogen-bond donors (Lipinski definition) is 0. The van der Waals surface area contributed by atoms with E-state index in [4.69, 9.17) is 9.47 Å². The van der Waals surface area contributed by atoms with Crippen molar-refractivity contribution >= 4 is 5.97 Å². The van der Waals surface area contributed by atoms with Crippen molar-refractivity contribution in [1.82, 2.24) is 0 Å². The number of carbonyl (C=O) groups is 1. The second-order valence-corrected chi connectivity index (χ2v) is 7.53. The maximum absolute atomic E-state index is 11.6. The third-order valence-corrected chi connectivity index (χ3v) is 4.82. The Morgan fingerprint density at radius 1 is 0.538 bits per heavy atom. The smallest absolute Gasteiger partial charge is 0.305 e. The van der Waals surface area contributed by atoms with Crippen molar-refractivity contribution in [3.63, 3.8) is 0 Å². The molecule has 156 valence electrons. The van der Waals surface area contributed by atoms with Crippen LogP contribution in [0.5, 0.6) is 0 Å². The molecule has 0 aromatic rings. The molecule has 3 nitrogen and oxygen atoms in total. The molecule has 0 aromatic heterocycles. The van der Waals surface area contributed by atoms with E-state index in [-0.39, 0.29) is 5.97 Å². The first-order chi connectivity index (χ1) is 12.8. The zero-order valence-electron chi connectivity index (χ0n) is 17.9. The lowest BCUT2D eigenvalue weighted by Gasteiger charge is -2.06. The van der Waals surface area contributed by atoms with Crippen molar-refractivity contribution in [1.29, 1.82) is 0 Å². The van der Waals surface area contributed by atoms with Crippen LogP contribution >= 0.6 is 0 Å². The normalized spacial score (nSPS) is 11.0. The van der Waals surface area contributed by atoms with Gasteiger partial charge in [-0.2, -0.15) is 0 Å². The number of rotatable bonds is 21. The Morgan fingerprint density at radius 2 is 1.00 bits per heavy atom. The van der Waals surface area contributed by atoms with Gasteiger partial charge >= 0.3 is 5.97 Å². The van der Waals surface area contributed by atoms with Gasteiger partial charge in [0.15, 0.2) is 0 Å². The van der Waals surface area contributed by atoms with Gasteiger partial charge in [-0.25, -0.2) is 0 Å². The van der Waals surface area contributed by atoms with Crippen LogP contribution in [0.4, 0.5) is 0 Å². The first-order valence-corrected chi connectivity index (χ1v) is 11.5. The van der Waals surface area contributed by atoms with Gasteiger partial charge < -0.3 is 9.47 Å². The number of hydrogen-bond acceptors (Lipinski definition) is 3. The van der Waals surface area contributed by atoms with Crippen LogP contribution in [0.1, 0.15) is 123 Å². The maximum Gasteiger partial charge on any atom is 0.305 e. The Bertz CT molecular complexity index is 279. The van der Waals surface area contributed by atoms with Gasteiger partial charge in [0.25, 0.3) is 0 Å². The van der Waals surface area contributed by atoms with Crippen LogP contribution in [0, 0.1) is 0 Å². The molecule has 0 saturated heterocycles. The van der Waals surface area contributed by atoms with Crippen molar-refractivity contribution in [2.75, 3.05) is 19.8 Å². The molecule has 0 amide bonds. The van der Waals surface area contributed by atoms with Crippen molar-refractivity contribution in [2.24, 2.45) is 0 Å². The quantitative estimate of drug-likeness (QED) is 0.158. The van der Waals surface area contributed by atoms with E-state index >= 15 is 0 Å². The van der Waals surface area contributed by atoms with Crippen molar-refractivity contribution in [2.45, 2.75) is 123 Å². The number of carbonyl (C=O) groups excluding carboxylic acids is 1. The monoisotopic (exact) mass is 370 g/mol. The molecule has 3 heteroatoms. The van der Waals surface area contributed by atoms with Crippen LogP contribution in [-0.2, 0) is 14.3 Å². The van der Waals surface area contributed by atoms with Gasteiger partial charge in [0, 0.05) is 26.1 Å². The molecule has 0 radical (unpaired) electrons. The van der Waals surface area contributed by atoms with E-state index in [9.17, 15) is 4.79 Å². The van der Waals surface area contributed by atoms with Crippen molar-refractivity contribution in [3.05, 3.63) is 0 Å². The van der Waals surface area contributed by atoms with E-state index in [0.717, 1.165) is 38.7 Å². The summed E-state index contributed by atoms with van der Waals surface area (Å²) in [4.78, 5) is 11.6. The molecule has 0 rings (SSSR count). The summed E-state index contributed by atoms with van der Waals surface area (Å²) in [5, 5.41) is 0. The van der Waals surface area contributed by atoms with Gasteiger partial charge in [0.1, 0.15) is 0 Å². The first kappa shape index (κ1) is 25.4. The second-order valence-electron chi connectivity index (χ2n) is 7.53. The zero-order valence-corrected chi connectivity index (χ0v) is 17.9. The van der Waals surface area contributed by atoms with Gasteiger partial charge in [-0.3, -0.25) is 4.79 Å². The van der Waals surface area contributed by atoms with Gasteiger partial charge in [0.2, 0.25) is 0 Å². The molecule has 0 unspecified atom stereocenters. The SMILES string of the molecule is CCCCCCCCCCCCCCCC(=O)OCCCOCCCC. The molecule has 0 aliphatic carbocycles. The maximum atomic E-state index is 11.6. The Kier molecular flexibility index (Phi) is 22.0. The zero-order chi connectivity index (χ0) is 19.1. The standard InChI is InChI=1S/C23H46O3/c1-3-5-7-8-9-10-11-12-13-14-15-16-17-19-23(24)26-22-18-21-25-20-6-4-2/h3-22H2,1-2H3. The van der Waals surface area contributed by atoms with Crippen LogP contribution in [0.15, 0.2) is 0 Å². The molecule has 0 saturated carbocycles. The molecule has 0 atom stereocenters. The van der Waals surface area contributed by atoms with E-state index in [1.807, 2.05) is 0 Å².